The largest absolute Gasteiger partial charge is 0.376 e. The Hall–Kier alpha value is -1.04. The minimum Gasteiger partial charge on any atom is -0.376 e. The maximum absolute atomic E-state index is 12.1. The third kappa shape index (κ3) is 4.48. The van der Waals surface area contributed by atoms with Crippen LogP contribution >= 0.6 is 11.8 Å². The number of nitrogens with zero attached hydrogens (tertiary/aromatic N) is 1. The van der Waals surface area contributed by atoms with Crippen molar-refractivity contribution in [1.29, 1.82) is 0 Å². The maximum atomic E-state index is 12.1. The minimum atomic E-state index is 0.120. The Morgan fingerprint density at radius 3 is 3.00 bits per heavy atom. The molecule has 0 saturated carbocycles. The monoisotopic (exact) mass is 320 g/mol. The summed E-state index contributed by atoms with van der Waals surface area (Å²) in [5.74, 6) is 1.20. The van der Waals surface area contributed by atoms with Crippen molar-refractivity contribution >= 4 is 17.7 Å². The quantitative estimate of drug-likeness (QED) is 0.902. The number of carbonyl (C=O) groups excluding carboxylic acids is 1. The summed E-state index contributed by atoms with van der Waals surface area (Å²) in [6, 6.07) is 10.6. The van der Waals surface area contributed by atoms with Gasteiger partial charge in [0.15, 0.2) is 0 Å². The molecule has 0 radical (unpaired) electrons. The zero-order valence-corrected chi connectivity index (χ0v) is 13.7. The van der Waals surface area contributed by atoms with Crippen molar-refractivity contribution in [3.05, 3.63) is 35.9 Å². The van der Waals surface area contributed by atoms with Gasteiger partial charge in [0.1, 0.15) is 0 Å². The highest BCUT2D eigenvalue weighted by Gasteiger charge is 2.23. The van der Waals surface area contributed by atoms with Gasteiger partial charge in [-0.05, 0) is 18.4 Å². The van der Waals surface area contributed by atoms with Gasteiger partial charge in [-0.3, -0.25) is 9.69 Å². The number of nitrogens with one attached hydrogen (secondary N) is 1. The average molecular weight is 320 g/mol. The van der Waals surface area contributed by atoms with Crippen LogP contribution in [-0.2, 0) is 9.53 Å². The standard InChI is InChI=1S/C17H24N2O2S/c20-17(18-11-15-7-4-9-21-15)13-19-8-10-22-16(12-19)14-5-2-1-3-6-14/h1-3,5-6,15-16H,4,7-13H2,(H,18,20)/t15-,16+/m1/s1. The number of carbonyl (C=O) groups is 1. The molecule has 5 heteroatoms. The van der Waals surface area contributed by atoms with Gasteiger partial charge in [0.05, 0.1) is 12.6 Å². The minimum absolute atomic E-state index is 0.120. The van der Waals surface area contributed by atoms with Crippen LogP contribution in [0.4, 0.5) is 0 Å². The normalized spacial score (nSPS) is 26.0. The van der Waals surface area contributed by atoms with Crippen LogP contribution in [-0.4, -0.2) is 55.4 Å². The van der Waals surface area contributed by atoms with Gasteiger partial charge in [-0.15, -0.1) is 0 Å². The highest BCUT2D eigenvalue weighted by atomic mass is 32.2. The molecule has 1 aromatic carbocycles. The average Bonchev–Trinajstić information content (AvgIpc) is 3.08. The molecule has 1 N–H and O–H groups in total. The molecular weight excluding hydrogens is 296 g/mol. The zero-order chi connectivity index (χ0) is 15.2. The molecule has 22 heavy (non-hydrogen) atoms. The second kappa shape index (κ2) is 7.99. The van der Waals surface area contributed by atoms with Gasteiger partial charge in [-0.2, -0.15) is 11.8 Å². The van der Waals surface area contributed by atoms with Gasteiger partial charge in [-0.1, -0.05) is 30.3 Å². The molecule has 1 amide bonds. The number of ether oxygens (including phenoxy) is 1. The number of rotatable bonds is 5. The Morgan fingerprint density at radius 2 is 2.23 bits per heavy atom. The highest BCUT2D eigenvalue weighted by molar-refractivity contribution is 7.99. The summed E-state index contributed by atoms with van der Waals surface area (Å²) in [6.45, 7) is 3.92. The van der Waals surface area contributed by atoms with Gasteiger partial charge in [0.25, 0.3) is 0 Å². The molecule has 2 heterocycles. The van der Waals surface area contributed by atoms with Crippen LogP contribution in [0.5, 0.6) is 0 Å². The number of thioether (sulfide) groups is 1. The zero-order valence-electron chi connectivity index (χ0n) is 12.9. The van der Waals surface area contributed by atoms with Crippen LogP contribution in [0.3, 0.4) is 0 Å². The molecule has 120 valence electrons. The summed E-state index contributed by atoms with van der Waals surface area (Å²) >= 11 is 1.99. The predicted molar refractivity (Wildman–Crippen MR) is 90.1 cm³/mol. The van der Waals surface area contributed by atoms with Gasteiger partial charge < -0.3 is 10.1 Å². The predicted octanol–water partition coefficient (Wildman–Crippen LogP) is 2.07. The molecule has 1 aromatic rings. The third-order valence-corrected chi connectivity index (χ3v) is 5.48. The Labute approximate surface area is 136 Å². The first-order chi connectivity index (χ1) is 10.8. The van der Waals surface area contributed by atoms with Crippen LogP contribution in [0.15, 0.2) is 30.3 Å². The van der Waals surface area contributed by atoms with E-state index in [2.05, 4.69) is 34.5 Å². The fraction of sp³-hybridized carbons (Fsp3) is 0.588. The lowest BCUT2D eigenvalue weighted by Crippen LogP contribution is -2.43. The van der Waals surface area contributed by atoms with Crippen molar-refractivity contribution in [2.75, 3.05) is 38.5 Å². The molecule has 2 aliphatic heterocycles. The molecule has 0 unspecified atom stereocenters. The first kappa shape index (κ1) is 15.8. The van der Waals surface area contributed by atoms with Crippen molar-refractivity contribution in [3.63, 3.8) is 0 Å². The second-order valence-electron chi connectivity index (χ2n) is 5.94. The lowest BCUT2D eigenvalue weighted by molar-refractivity contribution is -0.122. The summed E-state index contributed by atoms with van der Waals surface area (Å²) in [6.07, 6.45) is 2.40. The maximum Gasteiger partial charge on any atom is 0.234 e. The fourth-order valence-corrected chi connectivity index (χ4v) is 4.32. The molecule has 2 atom stereocenters. The molecule has 3 rings (SSSR count). The van der Waals surface area contributed by atoms with Crippen molar-refractivity contribution in [2.24, 2.45) is 0 Å². The number of hydrogen-bond donors (Lipinski definition) is 1. The SMILES string of the molecule is O=C(CN1CCS[C@H](c2ccccc2)C1)NC[C@H]1CCCO1. The molecule has 2 saturated heterocycles. The topological polar surface area (TPSA) is 41.6 Å². The van der Waals surface area contributed by atoms with E-state index in [4.69, 9.17) is 4.74 Å². The van der Waals surface area contributed by atoms with Crippen molar-refractivity contribution in [1.82, 2.24) is 10.2 Å². The van der Waals surface area contributed by atoms with E-state index in [1.165, 1.54) is 5.56 Å². The van der Waals surface area contributed by atoms with E-state index in [0.29, 0.717) is 18.3 Å². The van der Waals surface area contributed by atoms with Gasteiger partial charge in [0.2, 0.25) is 5.91 Å². The van der Waals surface area contributed by atoms with E-state index in [0.717, 1.165) is 38.3 Å². The van der Waals surface area contributed by atoms with Crippen molar-refractivity contribution in [2.45, 2.75) is 24.2 Å². The summed E-state index contributed by atoms with van der Waals surface area (Å²) in [7, 11) is 0. The van der Waals surface area contributed by atoms with Crippen LogP contribution in [0, 0.1) is 0 Å². The molecule has 0 bridgehead atoms. The van der Waals surface area contributed by atoms with Gasteiger partial charge >= 0.3 is 0 Å². The van der Waals surface area contributed by atoms with Crippen LogP contribution in [0.25, 0.3) is 0 Å². The number of hydrogen-bond acceptors (Lipinski definition) is 4. The highest BCUT2D eigenvalue weighted by Crippen LogP contribution is 2.32. The Morgan fingerprint density at radius 1 is 1.36 bits per heavy atom. The first-order valence-electron chi connectivity index (χ1n) is 8.08. The van der Waals surface area contributed by atoms with Crippen LogP contribution < -0.4 is 5.32 Å². The van der Waals surface area contributed by atoms with E-state index < -0.39 is 0 Å². The summed E-state index contributed by atoms with van der Waals surface area (Å²) < 4.78 is 5.54. The van der Waals surface area contributed by atoms with E-state index in [-0.39, 0.29) is 12.0 Å². The lowest BCUT2D eigenvalue weighted by Gasteiger charge is -2.32. The summed E-state index contributed by atoms with van der Waals surface area (Å²) in [5, 5.41) is 3.49. The van der Waals surface area contributed by atoms with E-state index in [1.54, 1.807) is 0 Å². The number of benzene rings is 1. The molecule has 0 aromatic heterocycles. The molecule has 4 nitrogen and oxygen atoms in total. The molecule has 0 aliphatic carbocycles. The molecular formula is C17H24N2O2S. The Bertz CT molecular complexity index is 477. The van der Waals surface area contributed by atoms with E-state index >= 15 is 0 Å². The van der Waals surface area contributed by atoms with Crippen LogP contribution in [0.1, 0.15) is 23.7 Å². The fourth-order valence-electron chi connectivity index (χ4n) is 3.01. The lowest BCUT2D eigenvalue weighted by atomic mass is 10.1. The molecule has 0 spiro atoms. The van der Waals surface area contributed by atoms with Gasteiger partial charge in [-0.25, -0.2) is 0 Å². The number of amides is 1. The second-order valence-corrected chi connectivity index (χ2v) is 7.25. The van der Waals surface area contributed by atoms with Crippen molar-refractivity contribution in [3.8, 4) is 0 Å². The van der Waals surface area contributed by atoms with Gasteiger partial charge in [0, 0.05) is 37.2 Å². The first-order valence-corrected chi connectivity index (χ1v) is 9.13. The van der Waals surface area contributed by atoms with Crippen LogP contribution in [0.2, 0.25) is 0 Å². The Kier molecular flexibility index (Phi) is 5.76. The Balaban J connectivity index is 1.44. The summed E-state index contributed by atoms with van der Waals surface area (Å²) in [4.78, 5) is 14.4. The third-order valence-electron chi connectivity index (χ3n) is 4.24. The summed E-state index contributed by atoms with van der Waals surface area (Å²) in [5.41, 5.74) is 1.36. The van der Waals surface area contributed by atoms with E-state index in [1.807, 2.05) is 17.8 Å². The van der Waals surface area contributed by atoms with Crippen molar-refractivity contribution < 1.29 is 9.53 Å². The molecule has 2 fully saturated rings. The smallest absolute Gasteiger partial charge is 0.234 e. The molecule has 2 aliphatic rings. The van der Waals surface area contributed by atoms with E-state index in [9.17, 15) is 4.79 Å².